The molecule has 0 bridgehead atoms. The third-order valence-corrected chi connectivity index (χ3v) is 5.05. The maximum Gasteiger partial charge on any atom is 0.0459 e. The summed E-state index contributed by atoms with van der Waals surface area (Å²) in [5, 5.41) is 7.24. The Kier molecular flexibility index (Phi) is 2.67. The molecule has 3 aromatic rings. The summed E-state index contributed by atoms with van der Waals surface area (Å²) in [6.45, 7) is 1.09. The van der Waals surface area contributed by atoms with Gasteiger partial charge in [0.05, 0.1) is 0 Å². The molecule has 0 radical (unpaired) electrons. The number of aromatic amines is 1. The number of aromatic nitrogens is 1. The predicted octanol–water partition coefficient (Wildman–Crippen LogP) is 3.66. The molecule has 1 aliphatic heterocycles. The summed E-state index contributed by atoms with van der Waals surface area (Å²) in [6, 6.07) is 11.3. The van der Waals surface area contributed by atoms with Gasteiger partial charge in [-0.1, -0.05) is 18.2 Å². The minimum atomic E-state index is 0.475. The van der Waals surface area contributed by atoms with Crippen molar-refractivity contribution in [2.45, 2.75) is 18.9 Å². The first-order chi connectivity index (χ1) is 9.42. The highest BCUT2D eigenvalue weighted by Gasteiger charge is 2.21. The second-order valence-corrected chi connectivity index (χ2v) is 6.08. The fourth-order valence-electron chi connectivity index (χ4n) is 3.02. The first kappa shape index (κ1) is 11.3. The van der Waals surface area contributed by atoms with E-state index in [1.54, 1.807) is 0 Å². The molecule has 3 heterocycles. The lowest BCUT2D eigenvalue weighted by Gasteiger charge is -2.23. The van der Waals surface area contributed by atoms with E-state index < -0.39 is 0 Å². The second-order valence-electron chi connectivity index (χ2n) is 5.13. The Bertz CT molecular complexity index is 710. The van der Waals surface area contributed by atoms with E-state index >= 15 is 0 Å². The molecule has 0 amide bonds. The minimum absolute atomic E-state index is 0.475. The summed E-state index contributed by atoms with van der Waals surface area (Å²) in [5.74, 6) is 0. The van der Waals surface area contributed by atoms with Gasteiger partial charge < -0.3 is 10.3 Å². The summed E-state index contributed by atoms with van der Waals surface area (Å²) in [4.78, 5) is 4.90. The fraction of sp³-hybridized carbons (Fsp3) is 0.250. The molecule has 1 atom stereocenters. The highest BCUT2D eigenvalue weighted by molar-refractivity contribution is 7.10. The van der Waals surface area contributed by atoms with Crippen molar-refractivity contribution in [2.75, 3.05) is 6.54 Å². The van der Waals surface area contributed by atoms with Gasteiger partial charge in [-0.05, 0) is 48.0 Å². The Hall–Kier alpha value is -1.58. The number of thiophene rings is 1. The average Bonchev–Trinajstić information content (AvgIpc) is 3.06. The lowest BCUT2D eigenvalue weighted by molar-refractivity contribution is 0.513. The van der Waals surface area contributed by atoms with Gasteiger partial charge in [-0.2, -0.15) is 0 Å². The molecule has 2 N–H and O–H groups in total. The van der Waals surface area contributed by atoms with E-state index in [0.717, 1.165) is 13.0 Å². The molecule has 0 saturated carbocycles. The lowest BCUT2D eigenvalue weighted by Crippen LogP contribution is -2.29. The number of para-hydroxylation sites is 1. The van der Waals surface area contributed by atoms with Gasteiger partial charge in [-0.25, -0.2) is 0 Å². The van der Waals surface area contributed by atoms with E-state index in [4.69, 9.17) is 0 Å². The normalized spacial score (nSPS) is 18.6. The molecule has 1 aliphatic rings. The summed E-state index contributed by atoms with van der Waals surface area (Å²) in [6.07, 6.45) is 4.40. The molecule has 2 nitrogen and oxygen atoms in total. The zero-order valence-corrected chi connectivity index (χ0v) is 11.5. The molecule has 3 heteroatoms. The van der Waals surface area contributed by atoms with Crippen LogP contribution in [0.5, 0.6) is 0 Å². The van der Waals surface area contributed by atoms with Crippen LogP contribution in [0.1, 0.15) is 22.0 Å². The zero-order chi connectivity index (χ0) is 12.7. The molecular weight excluding hydrogens is 252 g/mol. The van der Waals surface area contributed by atoms with E-state index in [9.17, 15) is 0 Å². The van der Waals surface area contributed by atoms with E-state index in [-0.39, 0.29) is 0 Å². The minimum Gasteiger partial charge on any atom is -0.361 e. The van der Waals surface area contributed by atoms with Crippen molar-refractivity contribution in [3.63, 3.8) is 0 Å². The van der Waals surface area contributed by atoms with Crippen LogP contribution in [0.3, 0.4) is 0 Å². The Labute approximate surface area is 116 Å². The molecule has 2 aromatic heterocycles. The van der Waals surface area contributed by atoms with E-state index in [0.29, 0.717) is 6.04 Å². The lowest BCUT2D eigenvalue weighted by atomic mass is 9.97. The molecule has 0 saturated heterocycles. The van der Waals surface area contributed by atoms with E-state index in [2.05, 4.69) is 52.2 Å². The van der Waals surface area contributed by atoms with Crippen molar-refractivity contribution in [3.05, 3.63) is 57.9 Å². The van der Waals surface area contributed by atoms with Gasteiger partial charge in [0.1, 0.15) is 0 Å². The number of hydrogen-bond donors (Lipinski definition) is 2. The van der Waals surface area contributed by atoms with Crippen molar-refractivity contribution in [1.29, 1.82) is 0 Å². The Morgan fingerprint density at radius 2 is 2.16 bits per heavy atom. The number of H-pyrrole nitrogens is 1. The monoisotopic (exact) mass is 268 g/mol. The summed E-state index contributed by atoms with van der Waals surface area (Å²) in [7, 11) is 0. The molecule has 1 unspecified atom stereocenters. The third-order valence-electron chi connectivity index (χ3n) is 3.98. The van der Waals surface area contributed by atoms with E-state index in [1.165, 1.54) is 33.3 Å². The number of fused-ring (bicyclic) bond motifs is 2. The quantitative estimate of drug-likeness (QED) is 0.729. The fourth-order valence-corrected chi connectivity index (χ4v) is 4.05. The highest BCUT2D eigenvalue weighted by atomic mass is 32.1. The van der Waals surface area contributed by atoms with Crippen LogP contribution in [0.25, 0.3) is 10.9 Å². The maximum absolute atomic E-state index is 3.66. The number of rotatable bonds is 2. The van der Waals surface area contributed by atoms with Crippen molar-refractivity contribution >= 4 is 22.2 Å². The average molecular weight is 268 g/mol. The molecule has 0 spiro atoms. The SMILES string of the molecule is c1ccc2c(CC3NCCc4ccsc43)c[nH]c2c1. The summed E-state index contributed by atoms with van der Waals surface area (Å²) < 4.78 is 0. The number of hydrogen-bond acceptors (Lipinski definition) is 2. The smallest absolute Gasteiger partial charge is 0.0459 e. The van der Waals surface area contributed by atoms with Crippen LogP contribution in [0.2, 0.25) is 0 Å². The summed E-state index contributed by atoms with van der Waals surface area (Å²) >= 11 is 1.89. The first-order valence-corrected chi connectivity index (χ1v) is 7.64. The van der Waals surface area contributed by atoms with Gasteiger partial charge in [0.2, 0.25) is 0 Å². The van der Waals surface area contributed by atoms with Crippen molar-refractivity contribution in [2.24, 2.45) is 0 Å². The topological polar surface area (TPSA) is 27.8 Å². The van der Waals surface area contributed by atoms with Crippen LogP contribution in [-0.2, 0) is 12.8 Å². The zero-order valence-electron chi connectivity index (χ0n) is 10.6. The van der Waals surface area contributed by atoms with Crippen LogP contribution in [0.15, 0.2) is 41.9 Å². The molecule has 0 fully saturated rings. The number of benzene rings is 1. The van der Waals surface area contributed by atoms with Gasteiger partial charge in [0, 0.05) is 28.0 Å². The van der Waals surface area contributed by atoms with Gasteiger partial charge in [-0.3, -0.25) is 0 Å². The van der Waals surface area contributed by atoms with Crippen LogP contribution < -0.4 is 5.32 Å². The predicted molar refractivity (Wildman–Crippen MR) is 80.8 cm³/mol. The van der Waals surface area contributed by atoms with Crippen LogP contribution in [0, 0.1) is 0 Å². The standard InChI is InChI=1S/C16H16N2S/c1-2-4-14-13(3-1)12(10-18-14)9-15-16-11(5-7-17-15)6-8-19-16/h1-4,6,8,10,15,17-18H,5,7,9H2. The largest absolute Gasteiger partial charge is 0.361 e. The van der Waals surface area contributed by atoms with Gasteiger partial charge in [0.25, 0.3) is 0 Å². The van der Waals surface area contributed by atoms with Gasteiger partial charge >= 0.3 is 0 Å². The molecule has 0 aliphatic carbocycles. The Morgan fingerprint density at radius 3 is 3.16 bits per heavy atom. The molecule has 1 aromatic carbocycles. The maximum atomic E-state index is 3.66. The Balaban J connectivity index is 1.70. The van der Waals surface area contributed by atoms with Crippen LogP contribution in [-0.4, -0.2) is 11.5 Å². The van der Waals surface area contributed by atoms with Crippen LogP contribution in [0.4, 0.5) is 0 Å². The second kappa shape index (κ2) is 4.51. The van der Waals surface area contributed by atoms with Crippen LogP contribution >= 0.6 is 11.3 Å². The van der Waals surface area contributed by atoms with Crippen molar-refractivity contribution in [1.82, 2.24) is 10.3 Å². The van der Waals surface area contributed by atoms with Gasteiger partial charge in [0.15, 0.2) is 0 Å². The third kappa shape index (κ3) is 1.90. The molecular formula is C16H16N2S. The molecule has 19 heavy (non-hydrogen) atoms. The van der Waals surface area contributed by atoms with E-state index in [1.807, 2.05) is 11.3 Å². The van der Waals surface area contributed by atoms with Crippen molar-refractivity contribution < 1.29 is 0 Å². The van der Waals surface area contributed by atoms with Gasteiger partial charge in [-0.15, -0.1) is 11.3 Å². The summed E-state index contributed by atoms with van der Waals surface area (Å²) in [5.41, 5.74) is 4.18. The number of nitrogens with one attached hydrogen (secondary N) is 2. The Morgan fingerprint density at radius 1 is 1.21 bits per heavy atom. The highest BCUT2D eigenvalue weighted by Crippen LogP contribution is 2.32. The molecule has 96 valence electrons. The first-order valence-electron chi connectivity index (χ1n) is 6.76. The van der Waals surface area contributed by atoms with Crippen molar-refractivity contribution in [3.8, 4) is 0 Å². The molecule has 4 rings (SSSR count).